The highest BCUT2D eigenvalue weighted by Gasteiger charge is 2.16. The van der Waals surface area contributed by atoms with Crippen LogP contribution in [0.15, 0.2) is 35.3 Å². The third-order valence-electron chi connectivity index (χ3n) is 3.37. The lowest BCUT2D eigenvalue weighted by Gasteiger charge is -2.14. The molecular weight excluding hydrogens is 268 g/mol. The number of nitrogens with one attached hydrogen (secondary N) is 1. The van der Waals surface area contributed by atoms with Gasteiger partial charge in [0, 0.05) is 31.3 Å². The summed E-state index contributed by atoms with van der Waals surface area (Å²) in [6.07, 6.45) is 1.62. The van der Waals surface area contributed by atoms with Crippen molar-refractivity contribution in [3.8, 4) is 0 Å². The Bertz CT molecular complexity index is 706. The highest BCUT2D eigenvalue weighted by molar-refractivity contribution is 5.97. The average molecular weight is 288 g/mol. The van der Waals surface area contributed by atoms with Crippen LogP contribution in [0.25, 0.3) is 10.9 Å². The average Bonchev–Trinajstić information content (AvgIpc) is 2.48. The third-order valence-corrected chi connectivity index (χ3v) is 3.37. The molecule has 1 atom stereocenters. The van der Waals surface area contributed by atoms with Crippen LogP contribution in [0, 0.1) is 0 Å². The summed E-state index contributed by atoms with van der Waals surface area (Å²) in [7, 11) is 1.57. The number of carbonyl (C=O) groups is 1. The van der Waals surface area contributed by atoms with Gasteiger partial charge in [0.1, 0.15) is 5.56 Å². The number of hydrogen-bond acceptors (Lipinski definition) is 3. The van der Waals surface area contributed by atoms with Crippen molar-refractivity contribution in [2.45, 2.75) is 26.4 Å². The molecule has 1 aromatic carbocycles. The summed E-state index contributed by atoms with van der Waals surface area (Å²) in [6, 6.07) is 7.17. The van der Waals surface area contributed by atoms with Gasteiger partial charge in [-0.2, -0.15) is 0 Å². The quantitative estimate of drug-likeness (QED) is 0.912. The number of pyridine rings is 1. The van der Waals surface area contributed by atoms with E-state index in [2.05, 4.69) is 5.32 Å². The smallest absolute Gasteiger partial charge is 0.257 e. The highest BCUT2D eigenvalue weighted by atomic mass is 16.5. The van der Waals surface area contributed by atoms with Gasteiger partial charge in [-0.1, -0.05) is 12.1 Å². The molecule has 0 saturated carbocycles. The van der Waals surface area contributed by atoms with E-state index in [4.69, 9.17) is 4.74 Å². The molecule has 1 N–H and O–H groups in total. The van der Waals surface area contributed by atoms with Crippen LogP contribution < -0.4 is 10.7 Å². The maximum absolute atomic E-state index is 12.5. The van der Waals surface area contributed by atoms with E-state index < -0.39 is 0 Å². The Kier molecular flexibility index (Phi) is 4.75. The molecule has 0 aliphatic carbocycles. The number of nitrogens with zero attached hydrogens (tertiary/aromatic N) is 1. The van der Waals surface area contributed by atoms with Crippen molar-refractivity contribution in [1.82, 2.24) is 9.88 Å². The SMILES string of the molecule is CCn1cc(C(=O)N[C@H](C)COC)c(=O)c2ccccc21. The summed E-state index contributed by atoms with van der Waals surface area (Å²) in [5.41, 5.74) is 0.766. The molecule has 0 unspecified atom stereocenters. The summed E-state index contributed by atoms with van der Waals surface area (Å²) in [6.45, 7) is 4.91. The fourth-order valence-corrected chi connectivity index (χ4v) is 2.36. The van der Waals surface area contributed by atoms with Crippen LogP contribution in [-0.2, 0) is 11.3 Å². The number of para-hydroxylation sites is 1. The van der Waals surface area contributed by atoms with Crippen molar-refractivity contribution in [3.05, 3.63) is 46.2 Å². The number of rotatable bonds is 5. The van der Waals surface area contributed by atoms with E-state index in [1.165, 1.54) is 0 Å². The maximum Gasteiger partial charge on any atom is 0.257 e. The summed E-state index contributed by atoms with van der Waals surface area (Å²) in [4.78, 5) is 24.8. The van der Waals surface area contributed by atoms with E-state index in [9.17, 15) is 9.59 Å². The molecule has 5 nitrogen and oxygen atoms in total. The van der Waals surface area contributed by atoms with Gasteiger partial charge in [-0.3, -0.25) is 9.59 Å². The number of aromatic nitrogens is 1. The van der Waals surface area contributed by atoms with E-state index in [1.807, 2.05) is 30.5 Å². The maximum atomic E-state index is 12.5. The second kappa shape index (κ2) is 6.54. The molecule has 0 radical (unpaired) electrons. The number of methoxy groups -OCH3 is 1. The topological polar surface area (TPSA) is 60.3 Å². The van der Waals surface area contributed by atoms with Gasteiger partial charge >= 0.3 is 0 Å². The Morgan fingerprint density at radius 2 is 2.10 bits per heavy atom. The zero-order valence-electron chi connectivity index (χ0n) is 12.6. The van der Waals surface area contributed by atoms with Crippen LogP contribution in [0.4, 0.5) is 0 Å². The first-order valence-electron chi connectivity index (χ1n) is 7.00. The van der Waals surface area contributed by atoms with E-state index >= 15 is 0 Å². The Labute approximate surface area is 123 Å². The van der Waals surface area contributed by atoms with Gasteiger partial charge < -0.3 is 14.6 Å². The van der Waals surface area contributed by atoms with Crippen molar-refractivity contribution in [1.29, 1.82) is 0 Å². The van der Waals surface area contributed by atoms with E-state index in [0.717, 1.165) is 5.52 Å². The highest BCUT2D eigenvalue weighted by Crippen LogP contribution is 2.11. The number of benzene rings is 1. The van der Waals surface area contributed by atoms with Gasteiger partial charge in [-0.25, -0.2) is 0 Å². The predicted octanol–water partition coefficient (Wildman–Crippen LogP) is 1.79. The van der Waals surface area contributed by atoms with Crippen molar-refractivity contribution in [3.63, 3.8) is 0 Å². The first kappa shape index (κ1) is 15.3. The minimum Gasteiger partial charge on any atom is -0.383 e. The molecule has 21 heavy (non-hydrogen) atoms. The molecule has 0 spiro atoms. The van der Waals surface area contributed by atoms with Gasteiger partial charge in [-0.05, 0) is 26.0 Å². The lowest BCUT2D eigenvalue weighted by Crippen LogP contribution is -2.38. The monoisotopic (exact) mass is 288 g/mol. The largest absolute Gasteiger partial charge is 0.383 e. The molecule has 2 rings (SSSR count). The Hall–Kier alpha value is -2.14. The van der Waals surface area contributed by atoms with E-state index in [1.54, 1.807) is 25.4 Å². The minimum atomic E-state index is -0.363. The molecule has 0 bridgehead atoms. The van der Waals surface area contributed by atoms with Crippen LogP contribution >= 0.6 is 0 Å². The normalized spacial score (nSPS) is 12.3. The number of hydrogen-bond donors (Lipinski definition) is 1. The fourth-order valence-electron chi connectivity index (χ4n) is 2.36. The molecule has 0 fully saturated rings. The fraction of sp³-hybridized carbons (Fsp3) is 0.375. The zero-order chi connectivity index (χ0) is 15.4. The first-order valence-corrected chi connectivity index (χ1v) is 7.00. The Morgan fingerprint density at radius 1 is 1.38 bits per heavy atom. The molecule has 2 aromatic rings. The summed E-state index contributed by atoms with van der Waals surface area (Å²) >= 11 is 0. The lowest BCUT2D eigenvalue weighted by atomic mass is 10.1. The Morgan fingerprint density at radius 3 is 2.76 bits per heavy atom. The summed E-state index contributed by atoms with van der Waals surface area (Å²) in [5.74, 6) is -0.363. The number of fused-ring (bicyclic) bond motifs is 1. The van der Waals surface area contributed by atoms with Crippen LogP contribution in [0.1, 0.15) is 24.2 Å². The standard InChI is InChI=1S/C16H20N2O3/c1-4-18-9-13(16(20)17-11(2)10-21-3)15(19)12-7-5-6-8-14(12)18/h5-9,11H,4,10H2,1-3H3,(H,17,20)/t11-/m1/s1. The van der Waals surface area contributed by atoms with Crippen LogP contribution in [-0.4, -0.2) is 30.2 Å². The van der Waals surface area contributed by atoms with Gasteiger partial charge in [0.15, 0.2) is 0 Å². The van der Waals surface area contributed by atoms with Gasteiger partial charge in [0.25, 0.3) is 5.91 Å². The molecule has 1 aromatic heterocycles. The molecule has 0 aliphatic heterocycles. The van der Waals surface area contributed by atoms with Crippen LogP contribution in [0.3, 0.4) is 0 Å². The van der Waals surface area contributed by atoms with Crippen molar-refractivity contribution in [2.24, 2.45) is 0 Å². The number of carbonyl (C=O) groups excluding carboxylic acids is 1. The molecule has 1 amide bonds. The van der Waals surface area contributed by atoms with Crippen molar-refractivity contribution in [2.75, 3.05) is 13.7 Å². The van der Waals surface area contributed by atoms with Crippen molar-refractivity contribution >= 4 is 16.8 Å². The van der Waals surface area contributed by atoms with Gasteiger partial charge in [-0.15, -0.1) is 0 Å². The zero-order valence-corrected chi connectivity index (χ0v) is 12.6. The molecule has 0 saturated heterocycles. The number of ether oxygens (including phenoxy) is 1. The second-order valence-corrected chi connectivity index (χ2v) is 5.00. The summed E-state index contributed by atoms with van der Waals surface area (Å²) in [5, 5.41) is 3.34. The third kappa shape index (κ3) is 3.13. The van der Waals surface area contributed by atoms with Crippen LogP contribution in [0.2, 0.25) is 0 Å². The lowest BCUT2D eigenvalue weighted by molar-refractivity contribution is 0.0904. The van der Waals surface area contributed by atoms with E-state index in [0.29, 0.717) is 18.5 Å². The number of amides is 1. The van der Waals surface area contributed by atoms with Gasteiger partial charge in [0.2, 0.25) is 5.43 Å². The molecular formula is C16H20N2O3. The van der Waals surface area contributed by atoms with E-state index in [-0.39, 0.29) is 22.9 Å². The first-order chi connectivity index (χ1) is 10.1. The predicted molar refractivity (Wildman–Crippen MR) is 82.7 cm³/mol. The van der Waals surface area contributed by atoms with Crippen molar-refractivity contribution < 1.29 is 9.53 Å². The van der Waals surface area contributed by atoms with Crippen LogP contribution in [0.5, 0.6) is 0 Å². The molecule has 5 heteroatoms. The van der Waals surface area contributed by atoms with Gasteiger partial charge in [0.05, 0.1) is 12.1 Å². The molecule has 0 aliphatic rings. The number of aryl methyl sites for hydroxylation is 1. The second-order valence-electron chi connectivity index (χ2n) is 5.00. The summed E-state index contributed by atoms with van der Waals surface area (Å²) < 4.78 is 6.90. The minimum absolute atomic E-state index is 0.150. The Balaban J connectivity index is 2.47. The molecule has 1 heterocycles. The molecule has 112 valence electrons.